The van der Waals surface area contributed by atoms with Crippen LogP contribution in [0.15, 0.2) is 24.3 Å². The molecule has 0 saturated heterocycles. The molecule has 8 aromatic heterocycles. The summed E-state index contributed by atoms with van der Waals surface area (Å²) in [5, 5.41) is 3.77. The number of hydrogen-bond acceptors (Lipinski definition) is 16. The van der Waals surface area contributed by atoms with E-state index in [9.17, 15) is 9.59 Å². The van der Waals surface area contributed by atoms with Crippen molar-refractivity contribution in [1.82, 2.24) is 19.9 Å². The highest BCUT2D eigenvalue weighted by Crippen LogP contribution is 2.50. The highest BCUT2D eigenvalue weighted by atomic mass is 32.1. The number of esters is 2. The molecule has 0 aliphatic heterocycles. The monoisotopic (exact) mass is 1680 g/mol. The molecule has 0 aromatic carbocycles. The third kappa shape index (κ3) is 34.2. The number of carbonyl (C=O) groups is 2. The second kappa shape index (κ2) is 57.0. The van der Waals surface area contributed by atoms with E-state index in [-0.39, 0.29) is 11.9 Å². The maximum atomic E-state index is 14.9. The predicted molar refractivity (Wildman–Crippen MR) is 500 cm³/mol. The first kappa shape index (κ1) is 94.3. The van der Waals surface area contributed by atoms with E-state index < -0.39 is 0 Å². The number of thiazole rings is 4. The molecule has 626 valence electrons. The van der Waals surface area contributed by atoms with Crippen molar-refractivity contribution in [3.05, 3.63) is 56.3 Å². The number of hydrogen-bond donors (Lipinski definition) is 0. The summed E-state index contributed by atoms with van der Waals surface area (Å²) < 4.78 is 12.3. The topological polar surface area (TPSA) is 104 Å². The van der Waals surface area contributed by atoms with E-state index in [1.54, 1.807) is 45.3 Å². The van der Waals surface area contributed by atoms with Crippen molar-refractivity contribution in [2.45, 2.75) is 428 Å². The van der Waals surface area contributed by atoms with Crippen molar-refractivity contribution < 1.29 is 19.1 Å². The van der Waals surface area contributed by atoms with Gasteiger partial charge in [-0.3, -0.25) is 0 Å². The smallest absolute Gasteiger partial charge is 0.339 e. The van der Waals surface area contributed by atoms with Crippen LogP contribution in [-0.4, -0.2) is 45.1 Å². The Bertz CT molecular complexity index is 3710. The third-order valence-corrected chi connectivity index (χ3v) is 32.4. The molecule has 16 heteroatoms. The number of fused-ring (bicyclic) bond motifs is 2. The van der Waals surface area contributed by atoms with E-state index in [0.29, 0.717) is 36.2 Å². The third-order valence-electron chi connectivity index (χ3n) is 23.1. The standard InChI is InChI=1S/C96H150N4O4S8/c1-9-15-21-27-33-37-39-41-43-47-53-59-65-103-95(101)79-68-74(8)106-85(79)89-99-93-94(111-89)100-90(112-93)86-80(96(102)104-66-60-54-48-44-42-40-38-34-28-22-16-10-2)72-82(108-86)81-71-78(70-76(63-56-50-32-26-20-14-6)64-58-52-46-36-30-24-18-12-4)84(107-81)88-98-92-91(110-88)97-87(109-92)83-77(67-73(7)105-83)69-75(61-55-49-31-25-19-13-5)62-57-51-45-35-29-23-17-11-3/h67-68,71-72,75-76H,9-66,69-70H2,1-8H3. The number of aromatic nitrogens is 4. The molecule has 8 heterocycles. The number of nitrogens with zero attached hydrogens (tertiary/aromatic N) is 4. The summed E-state index contributed by atoms with van der Waals surface area (Å²) in [4.78, 5) is 63.2. The van der Waals surface area contributed by atoms with Gasteiger partial charge in [0, 0.05) is 19.5 Å². The Morgan fingerprint density at radius 3 is 0.857 bits per heavy atom. The number of carbonyl (C=O) groups excluding carboxylic acids is 2. The number of thiophene rings is 4. The molecule has 0 amide bonds. The van der Waals surface area contributed by atoms with Gasteiger partial charge in [0.2, 0.25) is 0 Å². The molecule has 8 aromatic rings. The molecule has 0 bridgehead atoms. The van der Waals surface area contributed by atoms with Crippen molar-refractivity contribution in [2.24, 2.45) is 11.8 Å². The van der Waals surface area contributed by atoms with Gasteiger partial charge in [-0.25, -0.2) is 29.5 Å². The lowest BCUT2D eigenvalue weighted by molar-refractivity contribution is 0.0490. The fourth-order valence-corrected chi connectivity index (χ4v) is 25.3. The van der Waals surface area contributed by atoms with Crippen LogP contribution in [0.4, 0.5) is 0 Å². The van der Waals surface area contributed by atoms with Gasteiger partial charge in [-0.15, -0.1) is 45.3 Å². The van der Waals surface area contributed by atoms with E-state index in [0.717, 1.165) is 97.4 Å². The van der Waals surface area contributed by atoms with Crippen LogP contribution in [0, 0.1) is 25.7 Å². The Morgan fingerprint density at radius 2 is 0.518 bits per heavy atom. The summed E-state index contributed by atoms with van der Waals surface area (Å²) in [5.74, 6) is 0.731. The van der Waals surface area contributed by atoms with Crippen molar-refractivity contribution in [2.75, 3.05) is 13.2 Å². The molecule has 8 rings (SSSR count). The van der Waals surface area contributed by atoms with Gasteiger partial charge in [-0.2, -0.15) is 0 Å². The van der Waals surface area contributed by atoms with E-state index >= 15 is 0 Å². The zero-order chi connectivity index (χ0) is 79.0. The minimum absolute atomic E-state index is 0.274. The van der Waals surface area contributed by atoms with Gasteiger partial charge in [0.15, 0.2) is 19.3 Å². The second-order valence-corrected chi connectivity index (χ2v) is 41.8. The first-order valence-corrected chi connectivity index (χ1v) is 52.9. The molecule has 2 atom stereocenters. The number of ether oxygens (including phenoxy) is 2. The SMILES string of the molecule is CCCCCCCCCCCCCCOC(=O)c1cc(C)sc1-c1nc2sc(-c3sc(-c4cc(CC(CCCCCCCC)CCCCCCCCCC)c(-c5nc6sc(-c7sc(C)cc7CC(CCCCCCCC)CCCCCCCCCC)nc6s5)s4)cc3C(=O)OCCCCCCCCCCCCCC)nc2s1. The maximum absolute atomic E-state index is 14.9. The normalized spacial score (nSPS) is 12.5. The van der Waals surface area contributed by atoms with Gasteiger partial charge in [-0.1, -0.05) is 434 Å². The summed E-state index contributed by atoms with van der Waals surface area (Å²) >= 11 is 13.7. The van der Waals surface area contributed by atoms with Gasteiger partial charge in [-0.05, 0) is 86.8 Å². The quantitative estimate of drug-likeness (QED) is 0.0274. The lowest BCUT2D eigenvalue weighted by Gasteiger charge is -2.17. The van der Waals surface area contributed by atoms with Gasteiger partial charge in [0.05, 0.1) is 43.8 Å². The lowest BCUT2D eigenvalue weighted by Crippen LogP contribution is -2.06. The Hall–Kier alpha value is -3.22. The Balaban J connectivity index is 1.07. The highest BCUT2D eigenvalue weighted by Gasteiger charge is 2.29. The van der Waals surface area contributed by atoms with Crippen LogP contribution in [0.2, 0.25) is 0 Å². The lowest BCUT2D eigenvalue weighted by atomic mass is 9.88. The fraction of sp³-hybridized carbons (Fsp3) is 0.729. The van der Waals surface area contributed by atoms with Crippen molar-refractivity contribution >= 4 is 122 Å². The van der Waals surface area contributed by atoms with Crippen LogP contribution in [0.1, 0.15) is 443 Å². The van der Waals surface area contributed by atoms with Crippen molar-refractivity contribution in [1.29, 1.82) is 0 Å². The summed E-state index contributed by atoms with van der Waals surface area (Å²) in [6, 6.07) is 9.08. The molecule has 0 aliphatic carbocycles. The van der Waals surface area contributed by atoms with Gasteiger partial charge < -0.3 is 9.47 Å². The number of unbranched alkanes of at least 4 members (excludes halogenated alkanes) is 46. The maximum Gasteiger partial charge on any atom is 0.339 e. The number of aryl methyl sites for hydroxylation is 2. The molecular weight excluding hydrogens is 1530 g/mol. The Kier molecular flexibility index (Phi) is 48.0. The van der Waals surface area contributed by atoms with E-state index in [4.69, 9.17) is 29.4 Å². The van der Waals surface area contributed by atoms with Crippen LogP contribution in [0.3, 0.4) is 0 Å². The molecule has 0 aliphatic rings. The van der Waals surface area contributed by atoms with Gasteiger partial charge in [0.1, 0.15) is 20.0 Å². The van der Waals surface area contributed by atoms with Crippen LogP contribution >= 0.6 is 90.7 Å². The van der Waals surface area contributed by atoms with Crippen molar-refractivity contribution in [3.8, 4) is 49.3 Å². The predicted octanol–water partition coefficient (Wildman–Crippen LogP) is 35.6. The summed E-state index contributed by atoms with van der Waals surface area (Å²) in [5.41, 5.74) is 4.05. The Morgan fingerprint density at radius 1 is 0.277 bits per heavy atom. The Labute approximate surface area is 713 Å². The minimum Gasteiger partial charge on any atom is -0.462 e. The average Bonchev–Trinajstić information content (AvgIpc) is 1.62. The molecule has 0 N–H and O–H groups in total. The van der Waals surface area contributed by atoms with Gasteiger partial charge >= 0.3 is 11.9 Å². The number of rotatable bonds is 69. The van der Waals surface area contributed by atoms with E-state index in [1.165, 1.54) is 387 Å². The zero-order valence-electron chi connectivity index (χ0n) is 71.6. The summed E-state index contributed by atoms with van der Waals surface area (Å²) in [6.07, 6.45) is 75.1. The molecule has 0 saturated carbocycles. The summed E-state index contributed by atoms with van der Waals surface area (Å²) in [6.45, 7) is 19.0. The van der Waals surface area contributed by atoms with Crippen LogP contribution in [-0.2, 0) is 22.3 Å². The second-order valence-electron chi connectivity index (χ2n) is 33.3. The van der Waals surface area contributed by atoms with E-state index in [2.05, 4.69) is 73.6 Å². The first-order chi connectivity index (χ1) is 55.0. The molecule has 2 unspecified atom stereocenters. The van der Waals surface area contributed by atoms with Crippen LogP contribution in [0.5, 0.6) is 0 Å². The molecule has 8 nitrogen and oxygen atoms in total. The zero-order valence-corrected chi connectivity index (χ0v) is 78.1. The largest absolute Gasteiger partial charge is 0.462 e. The summed E-state index contributed by atoms with van der Waals surface area (Å²) in [7, 11) is 0. The van der Waals surface area contributed by atoms with E-state index in [1.807, 2.05) is 28.7 Å². The van der Waals surface area contributed by atoms with Gasteiger partial charge in [0.25, 0.3) is 0 Å². The minimum atomic E-state index is -0.280. The average molecular weight is 1680 g/mol. The molecule has 0 radical (unpaired) electrons. The molecule has 0 spiro atoms. The molecular formula is C96H150N4O4S8. The first-order valence-electron chi connectivity index (χ1n) is 46.4. The molecule has 112 heavy (non-hydrogen) atoms. The van der Waals surface area contributed by atoms with Crippen LogP contribution in [0.25, 0.3) is 68.6 Å². The molecule has 0 fully saturated rings. The van der Waals surface area contributed by atoms with Crippen molar-refractivity contribution in [3.63, 3.8) is 0 Å². The highest BCUT2D eigenvalue weighted by molar-refractivity contribution is 7.34. The fourth-order valence-electron chi connectivity index (χ4n) is 16.4. The van der Waals surface area contributed by atoms with Crippen LogP contribution < -0.4 is 0 Å².